The molecule has 1 aliphatic carbocycles. The topological polar surface area (TPSA) is 69.6 Å². The van der Waals surface area contributed by atoms with Crippen LogP contribution in [0.25, 0.3) is 0 Å². The fraction of sp³-hybridized carbons (Fsp3) is 0.462. The van der Waals surface area contributed by atoms with Gasteiger partial charge in [-0.2, -0.15) is 0 Å². The Bertz CT molecular complexity index is 596. The van der Waals surface area contributed by atoms with Gasteiger partial charge >= 0.3 is 0 Å². The number of thioether (sulfide) groups is 1. The maximum absolute atomic E-state index is 14.0. The predicted octanol–water partition coefficient (Wildman–Crippen LogP) is 2.33. The van der Waals surface area contributed by atoms with E-state index in [4.69, 9.17) is 5.73 Å². The lowest BCUT2D eigenvalue weighted by molar-refractivity contribution is 0.561. The van der Waals surface area contributed by atoms with E-state index in [1.54, 1.807) is 12.1 Å². The summed E-state index contributed by atoms with van der Waals surface area (Å²) in [5, 5.41) is 12.3. The summed E-state index contributed by atoms with van der Waals surface area (Å²) in [6.45, 7) is 1.87. The highest BCUT2D eigenvalue weighted by Gasteiger charge is 2.30. The number of hydrogen-bond donors (Lipinski definition) is 1. The lowest BCUT2D eigenvalue weighted by atomic mass is 10.1. The summed E-state index contributed by atoms with van der Waals surface area (Å²) in [6.07, 6.45) is 2.20. The average molecular weight is 293 g/mol. The Morgan fingerprint density at radius 1 is 1.40 bits per heavy atom. The van der Waals surface area contributed by atoms with Crippen LogP contribution in [0.4, 0.5) is 4.39 Å². The minimum absolute atomic E-state index is 0.207. The third kappa shape index (κ3) is 2.69. The Morgan fingerprint density at radius 3 is 2.80 bits per heavy atom. The van der Waals surface area contributed by atoms with E-state index in [0.29, 0.717) is 16.8 Å². The van der Waals surface area contributed by atoms with Crippen molar-refractivity contribution in [3.05, 3.63) is 35.6 Å². The molecule has 0 bridgehead atoms. The first-order valence-corrected chi connectivity index (χ1v) is 7.49. The van der Waals surface area contributed by atoms with E-state index < -0.39 is 0 Å². The van der Waals surface area contributed by atoms with Gasteiger partial charge in [-0.05, 0) is 36.3 Å². The SMILES string of the molecule is CC(N)C(Sc1nnnn1C1CC1)c1ccccc1F. The molecule has 3 rings (SSSR count). The molecule has 0 aliphatic heterocycles. The number of benzene rings is 1. The summed E-state index contributed by atoms with van der Waals surface area (Å²) in [5.74, 6) is -0.243. The minimum Gasteiger partial charge on any atom is -0.327 e. The van der Waals surface area contributed by atoms with Crippen molar-refractivity contribution < 1.29 is 4.39 Å². The number of nitrogens with zero attached hydrogens (tertiary/aromatic N) is 4. The van der Waals surface area contributed by atoms with Crippen LogP contribution in [0.1, 0.15) is 36.6 Å². The van der Waals surface area contributed by atoms with Gasteiger partial charge in [-0.1, -0.05) is 30.0 Å². The van der Waals surface area contributed by atoms with E-state index in [2.05, 4.69) is 15.5 Å². The van der Waals surface area contributed by atoms with Gasteiger partial charge in [0.15, 0.2) is 0 Å². The molecule has 2 aromatic rings. The third-order valence-corrected chi connectivity index (χ3v) is 4.69. The van der Waals surface area contributed by atoms with Crippen LogP contribution in [0.2, 0.25) is 0 Å². The molecule has 1 aliphatic rings. The summed E-state index contributed by atoms with van der Waals surface area (Å²) in [6, 6.07) is 6.90. The van der Waals surface area contributed by atoms with E-state index in [9.17, 15) is 4.39 Å². The van der Waals surface area contributed by atoms with Crippen LogP contribution in [-0.2, 0) is 0 Å². The van der Waals surface area contributed by atoms with Crippen molar-refractivity contribution in [3.8, 4) is 0 Å². The van der Waals surface area contributed by atoms with Gasteiger partial charge in [0, 0.05) is 11.6 Å². The second-order valence-electron chi connectivity index (χ2n) is 5.06. The molecule has 7 heteroatoms. The molecule has 2 N–H and O–H groups in total. The molecule has 2 atom stereocenters. The van der Waals surface area contributed by atoms with Gasteiger partial charge in [-0.3, -0.25) is 0 Å². The normalized spacial score (nSPS) is 17.9. The van der Waals surface area contributed by atoms with Crippen LogP contribution >= 0.6 is 11.8 Å². The van der Waals surface area contributed by atoms with Crippen molar-refractivity contribution in [3.63, 3.8) is 0 Å². The van der Waals surface area contributed by atoms with Crippen LogP contribution in [-0.4, -0.2) is 26.2 Å². The predicted molar refractivity (Wildman–Crippen MR) is 74.7 cm³/mol. The fourth-order valence-electron chi connectivity index (χ4n) is 2.08. The van der Waals surface area contributed by atoms with Gasteiger partial charge in [0.2, 0.25) is 5.16 Å². The summed E-state index contributed by atoms with van der Waals surface area (Å²) < 4.78 is 15.8. The van der Waals surface area contributed by atoms with Crippen LogP contribution in [0.3, 0.4) is 0 Å². The molecule has 1 aromatic heterocycles. The van der Waals surface area contributed by atoms with E-state index in [1.807, 2.05) is 17.7 Å². The molecular weight excluding hydrogens is 277 g/mol. The van der Waals surface area contributed by atoms with E-state index >= 15 is 0 Å². The summed E-state index contributed by atoms with van der Waals surface area (Å²) in [7, 11) is 0. The van der Waals surface area contributed by atoms with Crippen molar-refractivity contribution in [1.82, 2.24) is 20.2 Å². The first-order valence-electron chi connectivity index (χ1n) is 6.61. The van der Waals surface area contributed by atoms with Gasteiger partial charge in [-0.15, -0.1) is 5.10 Å². The first kappa shape index (κ1) is 13.5. The zero-order valence-electron chi connectivity index (χ0n) is 11.1. The van der Waals surface area contributed by atoms with Crippen LogP contribution in [0.15, 0.2) is 29.4 Å². The quantitative estimate of drug-likeness (QED) is 0.857. The molecule has 106 valence electrons. The Morgan fingerprint density at radius 2 is 2.15 bits per heavy atom. The monoisotopic (exact) mass is 293 g/mol. The maximum atomic E-state index is 14.0. The Kier molecular flexibility index (Phi) is 3.71. The highest BCUT2D eigenvalue weighted by atomic mass is 32.2. The van der Waals surface area contributed by atoms with Crippen molar-refractivity contribution in [2.75, 3.05) is 0 Å². The van der Waals surface area contributed by atoms with Crippen molar-refractivity contribution >= 4 is 11.8 Å². The minimum atomic E-state index is -0.243. The molecular formula is C13H16FN5S. The standard InChI is InChI=1S/C13H16FN5S/c1-8(15)12(10-4-2-3-5-11(10)14)20-13-16-17-18-19(13)9-6-7-9/h2-5,8-9,12H,6-7,15H2,1H3. The highest BCUT2D eigenvalue weighted by Crippen LogP contribution is 2.41. The number of aromatic nitrogens is 4. The lowest BCUT2D eigenvalue weighted by Gasteiger charge is -2.20. The molecule has 1 aromatic carbocycles. The highest BCUT2D eigenvalue weighted by molar-refractivity contribution is 7.99. The van der Waals surface area contributed by atoms with Crippen molar-refractivity contribution in [1.29, 1.82) is 0 Å². The molecule has 0 amide bonds. The molecule has 0 spiro atoms. The second-order valence-corrected chi connectivity index (χ2v) is 6.17. The van der Waals surface area contributed by atoms with Gasteiger partial charge in [-0.25, -0.2) is 9.07 Å². The van der Waals surface area contributed by atoms with E-state index in [0.717, 1.165) is 12.8 Å². The second kappa shape index (κ2) is 5.49. The Labute approximate surface area is 120 Å². The number of rotatable bonds is 5. The molecule has 2 unspecified atom stereocenters. The van der Waals surface area contributed by atoms with Gasteiger partial charge in [0.1, 0.15) is 5.82 Å². The largest absolute Gasteiger partial charge is 0.327 e. The summed E-state index contributed by atoms with van der Waals surface area (Å²) in [5.41, 5.74) is 6.63. The Hall–Kier alpha value is -1.47. The van der Waals surface area contributed by atoms with E-state index in [-0.39, 0.29) is 17.1 Å². The fourth-order valence-corrected chi connectivity index (χ4v) is 3.22. The van der Waals surface area contributed by atoms with Crippen LogP contribution < -0.4 is 5.73 Å². The van der Waals surface area contributed by atoms with Crippen molar-refractivity contribution in [2.45, 2.75) is 42.3 Å². The maximum Gasteiger partial charge on any atom is 0.210 e. The zero-order valence-corrected chi connectivity index (χ0v) is 11.9. The average Bonchev–Trinajstić information content (AvgIpc) is 3.16. The smallest absolute Gasteiger partial charge is 0.210 e. The molecule has 1 fully saturated rings. The molecule has 1 saturated carbocycles. The lowest BCUT2D eigenvalue weighted by Crippen LogP contribution is -2.23. The number of nitrogens with two attached hydrogens (primary N) is 1. The van der Waals surface area contributed by atoms with Gasteiger partial charge < -0.3 is 5.73 Å². The van der Waals surface area contributed by atoms with Crippen LogP contribution in [0, 0.1) is 5.82 Å². The first-order chi connectivity index (χ1) is 9.66. The number of hydrogen-bond acceptors (Lipinski definition) is 5. The van der Waals surface area contributed by atoms with Crippen molar-refractivity contribution in [2.24, 2.45) is 5.73 Å². The third-order valence-electron chi connectivity index (χ3n) is 3.28. The Balaban J connectivity index is 1.88. The summed E-state index contributed by atoms with van der Waals surface area (Å²) in [4.78, 5) is 0. The zero-order chi connectivity index (χ0) is 14.1. The number of tetrazole rings is 1. The van der Waals surface area contributed by atoms with Gasteiger partial charge in [0.05, 0.1) is 11.3 Å². The number of halogens is 1. The van der Waals surface area contributed by atoms with E-state index in [1.165, 1.54) is 17.8 Å². The summed E-state index contributed by atoms with van der Waals surface area (Å²) >= 11 is 1.43. The van der Waals surface area contributed by atoms with Crippen LogP contribution in [0.5, 0.6) is 0 Å². The molecule has 0 radical (unpaired) electrons. The van der Waals surface area contributed by atoms with Gasteiger partial charge in [0.25, 0.3) is 0 Å². The molecule has 20 heavy (non-hydrogen) atoms. The molecule has 5 nitrogen and oxygen atoms in total. The molecule has 1 heterocycles. The molecule has 0 saturated heterocycles.